The molecule has 2 aromatic carbocycles. The summed E-state index contributed by atoms with van der Waals surface area (Å²) >= 11 is 6.51. The van der Waals surface area contributed by atoms with Crippen LogP contribution in [0.1, 0.15) is 60.2 Å². The number of carbonyl (C=O) groups excluding carboxylic acids is 3. The van der Waals surface area contributed by atoms with Crippen molar-refractivity contribution in [2.24, 2.45) is 5.41 Å². The molecule has 2 fully saturated rings. The predicted molar refractivity (Wildman–Crippen MR) is 145 cm³/mol. The number of likely N-dealkylation sites (tertiary alicyclic amines) is 1. The summed E-state index contributed by atoms with van der Waals surface area (Å²) in [6.45, 7) is 6.37. The molecule has 0 radical (unpaired) electrons. The Morgan fingerprint density at radius 1 is 1.15 bits per heavy atom. The Bertz CT molecular complexity index is 1510. The van der Waals surface area contributed by atoms with Crippen LogP contribution in [0.5, 0.6) is 0 Å². The number of imide groups is 1. The molecule has 40 heavy (non-hydrogen) atoms. The van der Waals surface area contributed by atoms with Crippen LogP contribution < -0.4 is 5.32 Å². The molecule has 208 valence electrons. The molecule has 11 heteroatoms. The number of carbonyl (C=O) groups is 3. The van der Waals surface area contributed by atoms with E-state index in [2.05, 4.69) is 34.2 Å². The number of aliphatic hydroxyl groups is 1. The van der Waals surface area contributed by atoms with E-state index in [0.29, 0.717) is 54.4 Å². The molecule has 0 bridgehead atoms. The van der Waals surface area contributed by atoms with Crippen molar-refractivity contribution in [1.29, 1.82) is 0 Å². The number of rotatable bonds is 5. The standard InChI is InChI=1S/C29H30ClN5O5/c1-28(2)15-34(13-17-3-5-21(22(30)11-17)25-31-16-40-33-25)10-9-29(28,39)19-4-6-20-18(12-19)14-35(27(20)38)23-7-8-24(36)32-26(23)37/h3-6,11-12,16,23,39H,7-10,13-15H2,1-2H3,(H,32,36,37). The van der Waals surface area contributed by atoms with Crippen molar-refractivity contribution in [3.8, 4) is 11.4 Å². The predicted octanol–water partition coefficient (Wildman–Crippen LogP) is 3.27. The summed E-state index contributed by atoms with van der Waals surface area (Å²) in [7, 11) is 0. The second-order valence-electron chi connectivity index (χ2n) is 11.5. The fourth-order valence-corrected chi connectivity index (χ4v) is 6.60. The van der Waals surface area contributed by atoms with Gasteiger partial charge in [-0.15, -0.1) is 0 Å². The number of nitrogens with one attached hydrogen (secondary N) is 1. The average molecular weight is 564 g/mol. The summed E-state index contributed by atoms with van der Waals surface area (Å²) in [5.74, 6) is -0.527. The zero-order chi connectivity index (χ0) is 28.2. The lowest BCUT2D eigenvalue weighted by Crippen LogP contribution is -2.55. The van der Waals surface area contributed by atoms with Crippen molar-refractivity contribution in [3.05, 3.63) is 70.1 Å². The largest absolute Gasteiger partial charge is 0.385 e. The van der Waals surface area contributed by atoms with Crippen molar-refractivity contribution in [3.63, 3.8) is 0 Å². The summed E-state index contributed by atoms with van der Waals surface area (Å²) < 4.78 is 4.83. The number of fused-ring (bicyclic) bond motifs is 1. The SMILES string of the molecule is CC1(C)CN(Cc2ccc(-c3ncon3)c(Cl)c2)CCC1(O)c1ccc2c(c1)CN(C1CCC(=O)NC1=O)C2=O. The Kier molecular flexibility index (Phi) is 6.52. The number of halogens is 1. The molecule has 10 nitrogen and oxygen atoms in total. The van der Waals surface area contributed by atoms with Gasteiger partial charge in [0.1, 0.15) is 6.04 Å². The molecule has 2 unspecified atom stereocenters. The van der Waals surface area contributed by atoms with Crippen LogP contribution in [0.2, 0.25) is 5.02 Å². The van der Waals surface area contributed by atoms with Gasteiger partial charge in [0, 0.05) is 49.1 Å². The number of hydrogen-bond acceptors (Lipinski definition) is 8. The summed E-state index contributed by atoms with van der Waals surface area (Å²) in [6.07, 6.45) is 2.30. The summed E-state index contributed by atoms with van der Waals surface area (Å²) in [5.41, 5.74) is 2.23. The zero-order valence-electron chi connectivity index (χ0n) is 22.3. The Balaban J connectivity index is 1.17. The molecular formula is C29H30ClN5O5. The first-order chi connectivity index (χ1) is 19.1. The Labute approximate surface area is 236 Å². The van der Waals surface area contributed by atoms with Gasteiger partial charge in [-0.25, -0.2) is 0 Å². The smallest absolute Gasteiger partial charge is 0.255 e. The normalized spacial score (nSPS) is 24.8. The van der Waals surface area contributed by atoms with Gasteiger partial charge in [-0.1, -0.05) is 48.8 Å². The topological polar surface area (TPSA) is 129 Å². The van der Waals surface area contributed by atoms with Crippen molar-refractivity contribution >= 4 is 29.3 Å². The molecule has 2 atom stereocenters. The third kappa shape index (κ3) is 4.49. The highest BCUT2D eigenvalue weighted by Crippen LogP contribution is 2.47. The third-order valence-electron chi connectivity index (χ3n) is 8.57. The molecule has 0 saturated carbocycles. The highest BCUT2D eigenvalue weighted by Gasteiger charge is 2.49. The summed E-state index contributed by atoms with van der Waals surface area (Å²) in [4.78, 5) is 45.0. The lowest BCUT2D eigenvalue weighted by molar-refractivity contribution is -0.136. The molecule has 1 aromatic heterocycles. The highest BCUT2D eigenvalue weighted by atomic mass is 35.5. The van der Waals surface area contributed by atoms with E-state index in [1.807, 2.05) is 30.3 Å². The summed E-state index contributed by atoms with van der Waals surface area (Å²) in [6, 6.07) is 10.6. The van der Waals surface area contributed by atoms with E-state index in [4.69, 9.17) is 16.1 Å². The fraction of sp³-hybridized carbons (Fsp3) is 0.414. The number of hydrogen-bond donors (Lipinski definition) is 2. The van der Waals surface area contributed by atoms with Gasteiger partial charge in [-0.05, 0) is 47.7 Å². The second kappa shape index (κ2) is 9.79. The molecule has 3 aromatic rings. The van der Waals surface area contributed by atoms with Gasteiger partial charge in [0.15, 0.2) is 0 Å². The van der Waals surface area contributed by atoms with E-state index in [1.54, 1.807) is 6.07 Å². The number of nitrogens with zero attached hydrogens (tertiary/aromatic N) is 4. The van der Waals surface area contributed by atoms with Gasteiger partial charge >= 0.3 is 0 Å². The van der Waals surface area contributed by atoms with Crippen LogP contribution in [0.4, 0.5) is 0 Å². The lowest BCUT2D eigenvalue weighted by atomic mass is 9.66. The van der Waals surface area contributed by atoms with Crippen LogP contribution in [0.3, 0.4) is 0 Å². The van der Waals surface area contributed by atoms with Crippen LogP contribution in [0.25, 0.3) is 11.4 Å². The summed E-state index contributed by atoms with van der Waals surface area (Å²) in [5, 5.41) is 18.8. The molecule has 2 saturated heterocycles. The van der Waals surface area contributed by atoms with Crippen molar-refractivity contribution in [2.75, 3.05) is 13.1 Å². The molecule has 4 heterocycles. The molecule has 6 rings (SSSR count). The van der Waals surface area contributed by atoms with E-state index in [9.17, 15) is 19.5 Å². The van der Waals surface area contributed by atoms with Crippen molar-refractivity contribution < 1.29 is 24.0 Å². The zero-order valence-corrected chi connectivity index (χ0v) is 23.1. The van der Waals surface area contributed by atoms with Crippen molar-refractivity contribution in [1.82, 2.24) is 25.3 Å². The molecule has 2 N–H and O–H groups in total. The quantitative estimate of drug-likeness (QED) is 0.453. The maximum absolute atomic E-state index is 13.1. The molecule has 3 aliphatic rings. The Morgan fingerprint density at radius 2 is 1.95 bits per heavy atom. The molecular weight excluding hydrogens is 534 g/mol. The minimum atomic E-state index is -1.11. The van der Waals surface area contributed by atoms with E-state index >= 15 is 0 Å². The third-order valence-corrected chi connectivity index (χ3v) is 8.88. The second-order valence-corrected chi connectivity index (χ2v) is 12.0. The first-order valence-corrected chi connectivity index (χ1v) is 13.7. The van der Waals surface area contributed by atoms with E-state index in [0.717, 1.165) is 16.7 Å². The van der Waals surface area contributed by atoms with Gasteiger partial charge < -0.3 is 14.5 Å². The fourth-order valence-electron chi connectivity index (χ4n) is 6.31. The Morgan fingerprint density at radius 3 is 2.65 bits per heavy atom. The molecule has 3 aliphatic heterocycles. The Hall–Kier alpha value is -3.60. The van der Waals surface area contributed by atoms with Crippen LogP contribution in [-0.2, 0) is 28.3 Å². The maximum atomic E-state index is 13.1. The van der Waals surface area contributed by atoms with E-state index in [-0.39, 0.29) is 24.8 Å². The van der Waals surface area contributed by atoms with Gasteiger partial charge in [-0.3, -0.25) is 24.6 Å². The monoisotopic (exact) mass is 563 g/mol. The van der Waals surface area contributed by atoms with Crippen LogP contribution in [0, 0.1) is 5.41 Å². The number of amides is 3. The van der Waals surface area contributed by atoms with Gasteiger partial charge in [-0.2, -0.15) is 4.98 Å². The minimum absolute atomic E-state index is 0.210. The van der Waals surface area contributed by atoms with Gasteiger partial charge in [0.2, 0.25) is 24.0 Å². The number of benzene rings is 2. The van der Waals surface area contributed by atoms with E-state index < -0.39 is 23.0 Å². The van der Waals surface area contributed by atoms with Crippen LogP contribution in [-0.4, -0.2) is 61.9 Å². The lowest BCUT2D eigenvalue weighted by Gasteiger charge is -2.50. The number of aromatic nitrogens is 2. The molecule has 3 amide bonds. The first-order valence-electron chi connectivity index (χ1n) is 13.3. The van der Waals surface area contributed by atoms with Gasteiger partial charge in [0.25, 0.3) is 5.91 Å². The van der Waals surface area contributed by atoms with Gasteiger partial charge in [0.05, 0.1) is 10.6 Å². The number of piperidine rings is 2. The molecule has 0 spiro atoms. The maximum Gasteiger partial charge on any atom is 0.255 e. The van der Waals surface area contributed by atoms with Crippen LogP contribution in [0.15, 0.2) is 47.3 Å². The molecule has 0 aliphatic carbocycles. The van der Waals surface area contributed by atoms with Crippen LogP contribution >= 0.6 is 11.6 Å². The average Bonchev–Trinajstić information content (AvgIpc) is 3.54. The van der Waals surface area contributed by atoms with Crippen molar-refractivity contribution in [2.45, 2.75) is 57.8 Å². The highest BCUT2D eigenvalue weighted by molar-refractivity contribution is 6.33. The minimum Gasteiger partial charge on any atom is -0.385 e. The first kappa shape index (κ1) is 26.6. The van der Waals surface area contributed by atoms with E-state index in [1.165, 1.54) is 11.3 Å².